The Morgan fingerprint density at radius 3 is 1.79 bits per heavy atom. The third-order valence-electron chi connectivity index (χ3n) is 5.07. The van der Waals surface area contributed by atoms with E-state index in [2.05, 4.69) is 58.7 Å². The Hall–Kier alpha value is -4.31. The lowest BCUT2D eigenvalue weighted by Crippen LogP contribution is -2.24. The Morgan fingerprint density at radius 2 is 1.21 bits per heavy atom. The Kier molecular flexibility index (Phi) is 7.53. The van der Waals surface area contributed by atoms with Crippen molar-refractivity contribution in [1.29, 1.82) is 0 Å². The van der Waals surface area contributed by atoms with Crippen molar-refractivity contribution in [2.75, 3.05) is 11.4 Å². The van der Waals surface area contributed by atoms with E-state index in [9.17, 15) is 4.79 Å². The van der Waals surface area contributed by atoms with E-state index in [1.54, 1.807) is 0 Å². The maximum Gasteiger partial charge on any atom is 0.407 e. The van der Waals surface area contributed by atoms with Crippen LogP contribution in [0.15, 0.2) is 121 Å². The van der Waals surface area contributed by atoms with Crippen LogP contribution in [-0.2, 0) is 11.3 Å². The van der Waals surface area contributed by atoms with Crippen LogP contribution in [0.3, 0.4) is 0 Å². The van der Waals surface area contributed by atoms with Gasteiger partial charge in [-0.1, -0.05) is 91.0 Å². The average Bonchev–Trinajstić information content (AvgIpc) is 2.88. The van der Waals surface area contributed by atoms with Gasteiger partial charge in [0.25, 0.3) is 0 Å². The van der Waals surface area contributed by atoms with Crippen LogP contribution in [0.4, 0.5) is 21.9 Å². The number of carbonyl (C=O) groups excluding carboxylic acids is 1. The van der Waals surface area contributed by atoms with E-state index in [0.717, 1.165) is 28.2 Å². The second-order valence-corrected chi connectivity index (χ2v) is 7.44. The van der Waals surface area contributed by atoms with Gasteiger partial charge in [0.1, 0.15) is 6.61 Å². The third kappa shape index (κ3) is 6.34. The van der Waals surface area contributed by atoms with Crippen LogP contribution in [-0.4, -0.2) is 12.6 Å². The fourth-order valence-electron chi connectivity index (χ4n) is 3.45. The van der Waals surface area contributed by atoms with Crippen LogP contribution in [0, 0.1) is 0 Å². The van der Waals surface area contributed by atoms with Gasteiger partial charge in [0.2, 0.25) is 0 Å². The molecular formula is C29H26N2O2. The predicted octanol–water partition coefficient (Wildman–Crippen LogP) is 7.10. The molecule has 4 nitrogen and oxygen atoms in total. The fraction of sp³-hybridized carbons (Fsp3) is 0.0690. The highest BCUT2D eigenvalue weighted by Crippen LogP contribution is 2.34. The summed E-state index contributed by atoms with van der Waals surface area (Å²) in [5.74, 6) is 0. The van der Waals surface area contributed by atoms with E-state index in [1.807, 2.05) is 78.9 Å². The summed E-state index contributed by atoms with van der Waals surface area (Å²) >= 11 is 0. The summed E-state index contributed by atoms with van der Waals surface area (Å²) in [5.41, 5.74) is 5.30. The summed E-state index contributed by atoms with van der Waals surface area (Å²) in [6.07, 6.45) is 3.46. The normalized spacial score (nSPS) is 10.7. The average molecular weight is 435 g/mol. The Balaban J connectivity index is 1.35. The number of carbonyl (C=O) groups is 1. The van der Waals surface area contributed by atoms with Gasteiger partial charge in [-0.3, -0.25) is 0 Å². The van der Waals surface area contributed by atoms with Crippen LogP contribution in [0.25, 0.3) is 6.08 Å². The first-order valence-corrected chi connectivity index (χ1v) is 10.9. The summed E-state index contributed by atoms with van der Waals surface area (Å²) in [4.78, 5) is 14.1. The minimum Gasteiger partial charge on any atom is -0.445 e. The standard InChI is InChI=1S/C29H26N2O2/c32-29(33-23-25-11-4-1-5-12-25)30-22-10-13-24-18-20-28(21-19-24)31(26-14-6-2-7-15-26)27-16-8-3-9-17-27/h1-21H,22-23H2,(H,30,32). The largest absolute Gasteiger partial charge is 0.445 e. The summed E-state index contributed by atoms with van der Waals surface area (Å²) in [7, 11) is 0. The lowest BCUT2D eigenvalue weighted by Gasteiger charge is -2.25. The highest BCUT2D eigenvalue weighted by Gasteiger charge is 2.11. The molecule has 4 aromatic carbocycles. The molecule has 0 unspecified atom stereocenters. The molecule has 0 aliphatic carbocycles. The zero-order chi connectivity index (χ0) is 22.7. The predicted molar refractivity (Wildman–Crippen MR) is 135 cm³/mol. The minimum atomic E-state index is -0.430. The Labute approximate surface area is 194 Å². The highest BCUT2D eigenvalue weighted by atomic mass is 16.5. The molecule has 0 bridgehead atoms. The number of hydrogen-bond donors (Lipinski definition) is 1. The Morgan fingerprint density at radius 1 is 0.697 bits per heavy atom. The number of amides is 1. The number of hydrogen-bond acceptors (Lipinski definition) is 3. The summed E-state index contributed by atoms with van der Waals surface area (Å²) in [6.45, 7) is 0.659. The molecule has 0 aliphatic heterocycles. The minimum absolute atomic E-state index is 0.261. The van der Waals surface area contributed by atoms with Gasteiger partial charge in [0.15, 0.2) is 0 Å². The van der Waals surface area contributed by atoms with Crippen LogP contribution in [0.5, 0.6) is 0 Å². The molecule has 0 atom stereocenters. The number of anilines is 3. The molecule has 164 valence electrons. The van der Waals surface area contributed by atoms with Crippen molar-refractivity contribution in [2.24, 2.45) is 0 Å². The molecule has 0 radical (unpaired) electrons. The number of nitrogens with zero attached hydrogens (tertiary/aromatic N) is 1. The van der Waals surface area contributed by atoms with Crippen molar-refractivity contribution in [1.82, 2.24) is 5.32 Å². The van der Waals surface area contributed by atoms with E-state index < -0.39 is 6.09 Å². The molecule has 4 rings (SSSR count). The summed E-state index contributed by atoms with van der Waals surface area (Å²) in [6, 6.07) is 38.6. The van der Waals surface area contributed by atoms with Gasteiger partial charge >= 0.3 is 6.09 Å². The zero-order valence-electron chi connectivity index (χ0n) is 18.3. The summed E-state index contributed by atoms with van der Waals surface area (Å²) in [5, 5.41) is 2.74. The van der Waals surface area contributed by atoms with E-state index >= 15 is 0 Å². The lowest BCUT2D eigenvalue weighted by atomic mass is 10.1. The molecule has 0 aliphatic rings. The molecular weight excluding hydrogens is 408 g/mol. The molecule has 0 spiro atoms. The van der Waals surface area contributed by atoms with Crippen LogP contribution in [0.1, 0.15) is 11.1 Å². The van der Waals surface area contributed by atoms with Crippen molar-refractivity contribution < 1.29 is 9.53 Å². The molecule has 1 N–H and O–H groups in total. The quantitative estimate of drug-likeness (QED) is 0.322. The van der Waals surface area contributed by atoms with Gasteiger partial charge in [-0.25, -0.2) is 4.79 Å². The first-order chi connectivity index (χ1) is 16.3. The van der Waals surface area contributed by atoms with Crippen molar-refractivity contribution in [2.45, 2.75) is 6.61 Å². The molecule has 4 aromatic rings. The van der Waals surface area contributed by atoms with Gasteiger partial charge in [-0.15, -0.1) is 0 Å². The van der Waals surface area contributed by atoms with E-state index in [0.29, 0.717) is 6.54 Å². The molecule has 1 amide bonds. The van der Waals surface area contributed by atoms with Crippen molar-refractivity contribution in [3.8, 4) is 0 Å². The molecule has 33 heavy (non-hydrogen) atoms. The maximum atomic E-state index is 11.8. The maximum absolute atomic E-state index is 11.8. The van der Waals surface area contributed by atoms with E-state index in [4.69, 9.17) is 4.74 Å². The summed E-state index contributed by atoms with van der Waals surface area (Å²) < 4.78 is 5.22. The van der Waals surface area contributed by atoms with Gasteiger partial charge < -0.3 is 15.0 Å². The highest BCUT2D eigenvalue weighted by molar-refractivity contribution is 5.77. The molecule has 0 saturated carbocycles. The number of ether oxygens (including phenoxy) is 1. The number of para-hydroxylation sites is 2. The second-order valence-electron chi connectivity index (χ2n) is 7.44. The lowest BCUT2D eigenvalue weighted by molar-refractivity contribution is 0.141. The van der Waals surface area contributed by atoms with Crippen LogP contribution in [0.2, 0.25) is 0 Å². The van der Waals surface area contributed by atoms with E-state index in [-0.39, 0.29) is 6.61 Å². The topological polar surface area (TPSA) is 41.6 Å². The van der Waals surface area contributed by atoms with Gasteiger partial charge in [0.05, 0.1) is 0 Å². The van der Waals surface area contributed by atoms with Crippen molar-refractivity contribution in [3.63, 3.8) is 0 Å². The first-order valence-electron chi connectivity index (χ1n) is 10.9. The number of rotatable bonds is 8. The zero-order valence-corrected chi connectivity index (χ0v) is 18.3. The fourth-order valence-corrected chi connectivity index (χ4v) is 3.45. The van der Waals surface area contributed by atoms with Gasteiger partial charge in [-0.2, -0.15) is 0 Å². The molecule has 0 heterocycles. The van der Waals surface area contributed by atoms with Gasteiger partial charge in [0, 0.05) is 23.6 Å². The molecule has 0 fully saturated rings. The number of nitrogens with one attached hydrogen (secondary N) is 1. The third-order valence-corrected chi connectivity index (χ3v) is 5.07. The smallest absolute Gasteiger partial charge is 0.407 e. The molecule has 0 aromatic heterocycles. The van der Waals surface area contributed by atoms with Crippen molar-refractivity contribution >= 4 is 29.2 Å². The van der Waals surface area contributed by atoms with E-state index in [1.165, 1.54) is 0 Å². The first kappa shape index (κ1) is 21.9. The van der Waals surface area contributed by atoms with Gasteiger partial charge in [-0.05, 0) is 47.5 Å². The van der Waals surface area contributed by atoms with Crippen LogP contribution >= 0.6 is 0 Å². The Bertz CT molecular complexity index is 1120. The number of benzene rings is 4. The van der Waals surface area contributed by atoms with Crippen LogP contribution < -0.4 is 10.2 Å². The van der Waals surface area contributed by atoms with Crippen molar-refractivity contribution in [3.05, 3.63) is 132 Å². The molecule has 4 heteroatoms. The SMILES string of the molecule is O=C(NCC=Cc1ccc(N(c2ccccc2)c2ccccc2)cc1)OCc1ccccc1. The monoisotopic (exact) mass is 434 g/mol. The second kappa shape index (κ2) is 11.3. The number of alkyl carbamates (subject to hydrolysis) is 1. The molecule has 0 saturated heterocycles.